The molecule has 0 bridgehead atoms. The summed E-state index contributed by atoms with van der Waals surface area (Å²) in [5, 5.41) is 8.17. The van der Waals surface area contributed by atoms with E-state index < -0.39 is 0 Å². The van der Waals surface area contributed by atoms with Crippen LogP contribution in [0.5, 0.6) is 0 Å². The molecule has 3 rings (SSSR count). The fourth-order valence-electron chi connectivity index (χ4n) is 2.89. The van der Waals surface area contributed by atoms with Gasteiger partial charge in [0.15, 0.2) is 0 Å². The van der Waals surface area contributed by atoms with E-state index in [0.717, 1.165) is 25.1 Å². The van der Waals surface area contributed by atoms with Crippen molar-refractivity contribution in [2.45, 2.75) is 38.3 Å². The lowest BCUT2D eigenvalue weighted by molar-refractivity contribution is 0.387. The highest BCUT2D eigenvalue weighted by Crippen LogP contribution is 2.42. The predicted molar refractivity (Wildman–Crippen MR) is 73.3 cm³/mol. The van der Waals surface area contributed by atoms with Crippen molar-refractivity contribution in [2.75, 3.05) is 0 Å². The average molecular weight is 257 g/mol. The van der Waals surface area contributed by atoms with Crippen molar-refractivity contribution in [3.05, 3.63) is 47.3 Å². The van der Waals surface area contributed by atoms with Crippen LogP contribution in [0.3, 0.4) is 0 Å². The van der Waals surface area contributed by atoms with Crippen molar-refractivity contribution in [1.29, 1.82) is 0 Å². The number of nitrogens with zero attached hydrogens (tertiary/aromatic N) is 3. The van der Waals surface area contributed by atoms with Gasteiger partial charge in [-0.3, -0.25) is 11.3 Å². The topological polar surface area (TPSA) is 68.8 Å². The van der Waals surface area contributed by atoms with Crippen LogP contribution in [0.15, 0.2) is 30.5 Å². The Balaban J connectivity index is 1.88. The first kappa shape index (κ1) is 12.3. The van der Waals surface area contributed by atoms with Gasteiger partial charge in [0.05, 0.1) is 17.9 Å². The van der Waals surface area contributed by atoms with Gasteiger partial charge in [-0.05, 0) is 24.0 Å². The van der Waals surface area contributed by atoms with E-state index in [4.69, 9.17) is 5.84 Å². The fourth-order valence-corrected chi connectivity index (χ4v) is 2.89. The highest BCUT2D eigenvalue weighted by Gasteiger charge is 2.34. The normalized spacial score (nSPS) is 18.7. The third kappa shape index (κ3) is 2.05. The first-order valence-corrected chi connectivity index (χ1v) is 6.77. The Labute approximate surface area is 112 Å². The highest BCUT2D eigenvalue weighted by molar-refractivity contribution is 5.42. The molecular formula is C14H19N5. The Morgan fingerprint density at radius 3 is 3.05 bits per heavy atom. The number of hydrazine groups is 1. The lowest BCUT2D eigenvalue weighted by Gasteiger charge is -2.36. The van der Waals surface area contributed by atoms with Crippen molar-refractivity contribution in [3.8, 4) is 0 Å². The second-order valence-corrected chi connectivity index (χ2v) is 5.04. The molecule has 2 unspecified atom stereocenters. The van der Waals surface area contributed by atoms with E-state index in [0.29, 0.717) is 5.92 Å². The third-order valence-electron chi connectivity index (χ3n) is 3.88. The highest BCUT2D eigenvalue weighted by atomic mass is 15.4. The summed E-state index contributed by atoms with van der Waals surface area (Å²) < 4.78 is 1.95. The largest absolute Gasteiger partial charge is 0.271 e. The number of benzene rings is 1. The van der Waals surface area contributed by atoms with Crippen LogP contribution < -0.4 is 11.3 Å². The van der Waals surface area contributed by atoms with Gasteiger partial charge in [-0.25, -0.2) is 4.68 Å². The van der Waals surface area contributed by atoms with Crippen LogP contribution >= 0.6 is 0 Å². The van der Waals surface area contributed by atoms with Gasteiger partial charge in [0.2, 0.25) is 0 Å². The van der Waals surface area contributed by atoms with E-state index in [1.807, 2.05) is 10.9 Å². The van der Waals surface area contributed by atoms with Crippen LogP contribution in [0.1, 0.15) is 42.1 Å². The standard InChI is InChI=1S/C14H19N5/c1-2-7-19-13(9-16-18-19)14(17-15)12-8-10-5-3-4-6-11(10)12/h3-6,9,12,14,17H,2,7-8,15H2,1H3. The molecule has 5 nitrogen and oxygen atoms in total. The fraction of sp³-hybridized carbons (Fsp3) is 0.429. The molecule has 0 fully saturated rings. The summed E-state index contributed by atoms with van der Waals surface area (Å²) in [6.07, 6.45) is 3.92. The number of fused-ring (bicyclic) bond motifs is 1. The second-order valence-electron chi connectivity index (χ2n) is 5.04. The molecule has 0 saturated heterocycles. The summed E-state index contributed by atoms with van der Waals surface area (Å²) in [7, 11) is 0. The van der Waals surface area contributed by atoms with E-state index in [1.54, 1.807) is 0 Å². The van der Waals surface area contributed by atoms with E-state index in [1.165, 1.54) is 11.1 Å². The van der Waals surface area contributed by atoms with Crippen LogP contribution in [-0.2, 0) is 13.0 Å². The minimum absolute atomic E-state index is 0.0800. The number of nitrogens with one attached hydrogen (secondary N) is 1. The lowest BCUT2D eigenvalue weighted by Crippen LogP contribution is -2.38. The van der Waals surface area contributed by atoms with Crippen LogP contribution in [0.2, 0.25) is 0 Å². The van der Waals surface area contributed by atoms with E-state index >= 15 is 0 Å². The molecule has 1 aliphatic carbocycles. The average Bonchev–Trinajstić information content (AvgIpc) is 2.85. The van der Waals surface area contributed by atoms with Gasteiger partial charge >= 0.3 is 0 Å². The molecule has 2 atom stereocenters. The van der Waals surface area contributed by atoms with E-state index in [2.05, 4.69) is 46.9 Å². The SMILES string of the molecule is CCCn1nncc1C(NN)C1Cc2ccccc21. The Kier molecular flexibility index (Phi) is 3.31. The van der Waals surface area contributed by atoms with Gasteiger partial charge in [-0.2, -0.15) is 0 Å². The monoisotopic (exact) mass is 257 g/mol. The molecule has 0 saturated carbocycles. The zero-order valence-corrected chi connectivity index (χ0v) is 11.1. The molecule has 0 radical (unpaired) electrons. The van der Waals surface area contributed by atoms with Crippen LogP contribution in [0.4, 0.5) is 0 Å². The number of hydrogen-bond donors (Lipinski definition) is 2. The first-order valence-electron chi connectivity index (χ1n) is 6.77. The molecule has 0 aliphatic heterocycles. The summed E-state index contributed by atoms with van der Waals surface area (Å²) >= 11 is 0. The summed E-state index contributed by atoms with van der Waals surface area (Å²) in [5.41, 5.74) is 6.82. The molecule has 1 aromatic heterocycles. The quantitative estimate of drug-likeness (QED) is 0.629. The molecule has 0 spiro atoms. The number of aromatic nitrogens is 3. The molecule has 1 heterocycles. The van der Waals surface area contributed by atoms with Gasteiger partial charge < -0.3 is 0 Å². The van der Waals surface area contributed by atoms with Crippen molar-refractivity contribution < 1.29 is 0 Å². The van der Waals surface area contributed by atoms with Gasteiger partial charge in [-0.15, -0.1) is 5.10 Å². The minimum atomic E-state index is 0.0800. The number of hydrogen-bond acceptors (Lipinski definition) is 4. The molecule has 100 valence electrons. The summed E-state index contributed by atoms with van der Waals surface area (Å²) in [6.45, 7) is 3.01. The molecule has 5 heteroatoms. The first-order chi connectivity index (χ1) is 9.35. The van der Waals surface area contributed by atoms with Crippen molar-refractivity contribution in [2.24, 2.45) is 5.84 Å². The molecule has 1 aromatic carbocycles. The zero-order chi connectivity index (χ0) is 13.2. The third-order valence-corrected chi connectivity index (χ3v) is 3.88. The van der Waals surface area contributed by atoms with Gasteiger partial charge in [0.25, 0.3) is 0 Å². The summed E-state index contributed by atoms with van der Waals surface area (Å²) in [4.78, 5) is 0. The van der Waals surface area contributed by atoms with E-state index in [9.17, 15) is 0 Å². The Hall–Kier alpha value is -1.72. The van der Waals surface area contributed by atoms with Crippen LogP contribution in [0.25, 0.3) is 0 Å². The number of rotatable bonds is 5. The minimum Gasteiger partial charge on any atom is -0.271 e. The Morgan fingerprint density at radius 1 is 1.47 bits per heavy atom. The molecular weight excluding hydrogens is 238 g/mol. The van der Waals surface area contributed by atoms with Gasteiger partial charge in [0, 0.05) is 12.5 Å². The maximum Gasteiger partial charge on any atom is 0.0776 e. The van der Waals surface area contributed by atoms with Crippen LogP contribution in [-0.4, -0.2) is 15.0 Å². The zero-order valence-electron chi connectivity index (χ0n) is 11.1. The van der Waals surface area contributed by atoms with Gasteiger partial charge in [0.1, 0.15) is 0 Å². The summed E-state index contributed by atoms with van der Waals surface area (Å²) in [6, 6.07) is 8.61. The number of nitrogens with two attached hydrogens (primary N) is 1. The second kappa shape index (κ2) is 5.11. The Bertz CT molecular complexity index is 562. The number of aryl methyl sites for hydroxylation is 1. The maximum absolute atomic E-state index is 5.78. The van der Waals surface area contributed by atoms with Gasteiger partial charge in [-0.1, -0.05) is 36.4 Å². The van der Waals surface area contributed by atoms with Crippen molar-refractivity contribution in [1.82, 2.24) is 20.4 Å². The van der Waals surface area contributed by atoms with Crippen molar-refractivity contribution >= 4 is 0 Å². The van der Waals surface area contributed by atoms with Crippen molar-refractivity contribution in [3.63, 3.8) is 0 Å². The lowest BCUT2D eigenvalue weighted by atomic mass is 9.73. The molecule has 2 aromatic rings. The molecule has 1 aliphatic rings. The van der Waals surface area contributed by atoms with Crippen LogP contribution in [0, 0.1) is 0 Å². The molecule has 19 heavy (non-hydrogen) atoms. The smallest absolute Gasteiger partial charge is 0.0776 e. The maximum atomic E-state index is 5.78. The molecule has 3 N–H and O–H groups in total. The molecule has 0 amide bonds. The Morgan fingerprint density at radius 2 is 2.32 bits per heavy atom. The van der Waals surface area contributed by atoms with E-state index in [-0.39, 0.29) is 6.04 Å². The predicted octanol–water partition coefficient (Wildman–Crippen LogP) is 1.53. The summed E-state index contributed by atoms with van der Waals surface area (Å²) in [5.74, 6) is 6.19.